The van der Waals surface area contributed by atoms with Gasteiger partial charge in [0.1, 0.15) is 5.56 Å². The summed E-state index contributed by atoms with van der Waals surface area (Å²) in [4.78, 5) is 41.6. The molecule has 7 nitrogen and oxygen atoms in total. The van der Waals surface area contributed by atoms with Crippen LogP contribution >= 0.6 is 11.3 Å². The van der Waals surface area contributed by atoms with Gasteiger partial charge in [-0.25, -0.2) is 4.98 Å². The van der Waals surface area contributed by atoms with E-state index in [-0.39, 0.29) is 11.5 Å². The third-order valence-electron chi connectivity index (χ3n) is 4.70. The highest BCUT2D eigenvalue weighted by Gasteiger charge is 2.52. The highest BCUT2D eigenvalue weighted by Crippen LogP contribution is 2.49. The molecule has 2 heterocycles. The quantitative estimate of drug-likeness (QED) is 0.684. The minimum atomic E-state index is -0.550. The van der Waals surface area contributed by atoms with Crippen LogP contribution in [0.1, 0.15) is 35.7 Å². The lowest BCUT2D eigenvalue weighted by atomic mass is 9.96. The number of anilines is 1. The van der Waals surface area contributed by atoms with E-state index in [0.29, 0.717) is 17.3 Å². The molecular weight excluding hydrogens is 366 g/mol. The number of rotatable bonds is 5. The van der Waals surface area contributed by atoms with E-state index in [1.807, 2.05) is 12.1 Å². The molecule has 8 heteroatoms. The van der Waals surface area contributed by atoms with Crippen molar-refractivity contribution >= 4 is 33.9 Å². The van der Waals surface area contributed by atoms with Gasteiger partial charge in [-0.05, 0) is 37.5 Å². The Labute approximate surface area is 158 Å². The van der Waals surface area contributed by atoms with Gasteiger partial charge in [0.2, 0.25) is 0 Å². The summed E-state index contributed by atoms with van der Waals surface area (Å²) in [5.74, 6) is -0.725. The molecule has 1 aromatic carbocycles. The van der Waals surface area contributed by atoms with E-state index in [1.165, 1.54) is 21.9 Å². The number of nitrogens with one attached hydrogen (secondary N) is 1. The number of hydrogen-bond acceptors (Lipinski definition) is 6. The summed E-state index contributed by atoms with van der Waals surface area (Å²) in [6.45, 7) is 2.14. The first-order valence-electron chi connectivity index (χ1n) is 8.59. The zero-order chi connectivity index (χ0) is 19.0. The second kappa shape index (κ2) is 6.62. The second-order valence-electron chi connectivity index (χ2n) is 6.37. The molecule has 1 fully saturated rings. The molecule has 1 amide bonds. The Hall–Kier alpha value is -3.00. The maximum absolute atomic E-state index is 12.5. The second-order valence-corrected chi connectivity index (χ2v) is 7.24. The molecule has 0 bridgehead atoms. The number of esters is 1. The smallest absolute Gasteiger partial charge is 0.316 e. The van der Waals surface area contributed by atoms with Crippen LogP contribution in [0.25, 0.3) is 4.96 Å². The van der Waals surface area contributed by atoms with Crippen LogP contribution in [0, 0.1) is 0 Å². The Balaban J connectivity index is 1.53. The van der Waals surface area contributed by atoms with E-state index in [9.17, 15) is 14.4 Å². The molecule has 0 atom stereocenters. The fourth-order valence-electron chi connectivity index (χ4n) is 3.06. The molecule has 0 unspecified atom stereocenters. The molecular formula is C19H17N3O4S. The predicted octanol–water partition coefficient (Wildman–Crippen LogP) is 2.60. The van der Waals surface area contributed by atoms with Crippen molar-refractivity contribution in [3.8, 4) is 0 Å². The van der Waals surface area contributed by atoms with E-state index in [1.54, 1.807) is 30.6 Å². The van der Waals surface area contributed by atoms with Gasteiger partial charge in [0, 0.05) is 23.5 Å². The maximum atomic E-state index is 12.5. The molecule has 27 heavy (non-hydrogen) atoms. The van der Waals surface area contributed by atoms with E-state index in [2.05, 4.69) is 10.3 Å². The van der Waals surface area contributed by atoms with Gasteiger partial charge in [-0.1, -0.05) is 12.1 Å². The van der Waals surface area contributed by atoms with Crippen molar-refractivity contribution in [1.29, 1.82) is 0 Å². The molecule has 0 radical (unpaired) electrons. The average molecular weight is 383 g/mol. The van der Waals surface area contributed by atoms with Crippen molar-refractivity contribution in [3.63, 3.8) is 0 Å². The first-order valence-corrected chi connectivity index (χ1v) is 9.47. The van der Waals surface area contributed by atoms with Gasteiger partial charge in [0.05, 0.1) is 12.0 Å². The topological polar surface area (TPSA) is 89.8 Å². The summed E-state index contributed by atoms with van der Waals surface area (Å²) in [5.41, 5.74) is 0.430. The largest absolute Gasteiger partial charge is 0.465 e. The number of thiazole rings is 1. The molecule has 0 spiro atoms. The molecule has 1 saturated carbocycles. The van der Waals surface area contributed by atoms with Gasteiger partial charge in [0.25, 0.3) is 11.5 Å². The molecule has 1 aliphatic rings. The van der Waals surface area contributed by atoms with Crippen LogP contribution in [0.4, 0.5) is 5.69 Å². The van der Waals surface area contributed by atoms with Crippen LogP contribution in [0.5, 0.6) is 0 Å². The van der Waals surface area contributed by atoms with Crippen LogP contribution in [-0.2, 0) is 14.9 Å². The van der Waals surface area contributed by atoms with Crippen molar-refractivity contribution in [2.45, 2.75) is 25.2 Å². The molecule has 1 aliphatic carbocycles. The highest BCUT2D eigenvalue weighted by atomic mass is 32.1. The lowest BCUT2D eigenvalue weighted by molar-refractivity contribution is -0.146. The van der Waals surface area contributed by atoms with E-state index in [0.717, 1.165) is 18.4 Å². The third-order valence-corrected chi connectivity index (χ3v) is 5.47. The SMILES string of the molecule is CCOC(=O)C1(c2ccc(NC(=O)c3cnc4sccn4c3=O)cc2)CC1. The Kier molecular flexibility index (Phi) is 4.27. The summed E-state index contributed by atoms with van der Waals surface area (Å²) < 4.78 is 6.51. The number of carbonyl (C=O) groups excluding carboxylic acids is 2. The fourth-order valence-corrected chi connectivity index (χ4v) is 3.73. The molecule has 2 aromatic heterocycles. The number of amides is 1. The zero-order valence-electron chi connectivity index (χ0n) is 14.6. The molecule has 3 aromatic rings. The normalized spacial score (nSPS) is 14.7. The van der Waals surface area contributed by atoms with Gasteiger partial charge >= 0.3 is 5.97 Å². The van der Waals surface area contributed by atoms with Crippen molar-refractivity contribution in [3.05, 3.63) is 63.5 Å². The van der Waals surface area contributed by atoms with Gasteiger partial charge in [0.15, 0.2) is 4.96 Å². The summed E-state index contributed by atoms with van der Waals surface area (Å²) in [7, 11) is 0. The van der Waals surface area contributed by atoms with Crippen LogP contribution in [0.15, 0.2) is 46.8 Å². The van der Waals surface area contributed by atoms with Gasteiger partial charge in [-0.15, -0.1) is 11.3 Å². The summed E-state index contributed by atoms with van der Waals surface area (Å²) >= 11 is 1.32. The highest BCUT2D eigenvalue weighted by molar-refractivity contribution is 7.15. The Bertz CT molecular complexity index is 1080. The average Bonchev–Trinajstić information content (AvgIpc) is 3.33. The van der Waals surface area contributed by atoms with E-state index in [4.69, 9.17) is 4.74 Å². The number of ether oxygens (including phenoxy) is 1. The maximum Gasteiger partial charge on any atom is 0.316 e. The number of benzene rings is 1. The number of carbonyl (C=O) groups is 2. The minimum Gasteiger partial charge on any atom is -0.465 e. The first-order chi connectivity index (χ1) is 13.0. The van der Waals surface area contributed by atoms with Gasteiger partial charge in [-0.2, -0.15) is 0 Å². The van der Waals surface area contributed by atoms with E-state index >= 15 is 0 Å². The Morgan fingerprint density at radius 1 is 1.30 bits per heavy atom. The lowest BCUT2D eigenvalue weighted by Gasteiger charge is -2.14. The lowest BCUT2D eigenvalue weighted by Crippen LogP contribution is -2.26. The van der Waals surface area contributed by atoms with Crippen molar-refractivity contribution in [1.82, 2.24) is 9.38 Å². The fraction of sp³-hybridized carbons (Fsp3) is 0.263. The molecule has 138 valence electrons. The van der Waals surface area contributed by atoms with E-state index < -0.39 is 16.9 Å². The van der Waals surface area contributed by atoms with Crippen LogP contribution in [0.2, 0.25) is 0 Å². The van der Waals surface area contributed by atoms with Crippen molar-refractivity contribution in [2.75, 3.05) is 11.9 Å². The standard InChI is InChI=1S/C19H17N3O4S/c1-2-26-17(25)19(7-8-19)12-3-5-13(6-4-12)21-15(23)14-11-20-18-22(16(14)24)9-10-27-18/h3-6,9-11H,2,7-8H2,1H3,(H,21,23). The monoisotopic (exact) mass is 383 g/mol. The Morgan fingerprint density at radius 3 is 2.70 bits per heavy atom. The number of hydrogen-bond donors (Lipinski definition) is 1. The predicted molar refractivity (Wildman–Crippen MR) is 101 cm³/mol. The number of fused-ring (bicyclic) bond motifs is 1. The molecule has 1 N–H and O–H groups in total. The van der Waals surface area contributed by atoms with Crippen LogP contribution in [0.3, 0.4) is 0 Å². The summed E-state index contributed by atoms with van der Waals surface area (Å²) in [6.07, 6.45) is 4.41. The van der Waals surface area contributed by atoms with Gasteiger partial charge in [-0.3, -0.25) is 18.8 Å². The van der Waals surface area contributed by atoms with Gasteiger partial charge < -0.3 is 10.1 Å². The molecule has 0 saturated heterocycles. The minimum absolute atomic E-state index is 0.0276. The number of nitrogens with zero attached hydrogens (tertiary/aromatic N) is 2. The summed E-state index contributed by atoms with van der Waals surface area (Å²) in [5, 5.41) is 4.44. The third kappa shape index (κ3) is 3.02. The summed E-state index contributed by atoms with van der Waals surface area (Å²) in [6, 6.07) is 7.07. The van der Waals surface area contributed by atoms with Crippen molar-refractivity contribution in [2.24, 2.45) is 0 Å². The molecule has 4 rings (SSSR count). The Morgan fingerprint density at radius 2 is 2.04 bits per heavy atom. The first kappa shape index (κ1) is 17.4. The number of aromatic nitrogens is 2. The van der Waals surface area contributed by atoms with Crippen LogP contribution < -0.4 is 10.9 Å². The molecule has 0 aliphatic heterocycles. The van der Waals surface area contributed by atoms with Crippen LogP contribution in [-0.4, -0.2) is 27.9 Å². The van der Waals surface area contributed by atoms with Crippen molar-refractivity contribution < 1.29 is 14.3 Å². The zero-order valence-corrected chi connectivity index (χ0v) is 15.4.